The number of aryl methyl sites for hydroxylation is 1. The summed E-state index contributed by atoms with van der Waals surface area (Å²) in [5.74, 6) is -0.776. The Morgan fingerprint density at radius 2 is 1.62 bits per heavy atom. The van der Waals surface area contributed by atoms with Crippen molar-refractivity contribution in [3.63, 3.8) is 0 Å². The fourth-order valence-electron chi connectivity index (χ4n) is 4.13. The molecule has 1 aliphatic rings. The van der Waals surface area contributed by atoms with E-state index < -0.39 is 18.0 Å². The summed E-state index contributed by atoms with van der Waals surface area (Å²) >= 11 is 0. The van der Waals surface area contributed by atoms with Gasteiger partial charge in [0.05, 0.1) is 63.9 Å². The van der Waals surface area contributed by atoms with Gasteiger partial charge in [-0.3, -0.25) is 24.0 Å². The first-order valence-corrected chi connectivity index (χ1v) is 12.2. The molecule has 3 N–H and O–H groups in total. The quantitative estimate of drug-likeness (QED) is 0.207. The highest BCUT2D eigenvalue weighted by Gasteiger charge is 2.31. The van der Waals surface area contributed by atoms with E-state index in [1.54, 1.807) is 7.05 Å². The Labute approximate surface area is 213 Å². The number of carbonyl (C=O) groups excluding carboxylic acids is 2. The van der Waals surface area contributed by atoms with E-state index in [-0.39, 0.29) is 24.6 Å². The number of ether oxygens (including phenoxy) is 4. The molecule has 1 aromatic heterocycles. The average molecular weight is 523 g/mol. The molecule has 37 heavy (non-hydrogen) atoms. The Hall–Kier alpha value is -3.26. The van der Waals surface area contributed by atoms with Gasteiger partial charge in [0.15, 0.2) is 0 Å². The van der Waals surface area contributed by atoms with Crippen molar-refractivity contribution in [3.8, 4) is 0 Å². The summed E-state index contributed by atoms with van der Waals surface area (Å²) in [5.41, 5.74) is 2.04. The van der Waals surface area contributed by atoms with Crippen LogP contribution in [0.1, 0.15) is 24.4 Å². The van der Waals surface area contributed by atoms with Crippen LogP contribution in [0.5, 0.6) is 0 Å². The first-order chi connectivity index (χ1) is 17.9. The summed E-state index contributed by atoms with van der Waals surface area (Å²) < 4.78 is 24.7. The summed E-state index contributed by atoms with van der Waals surface area (Å²) in [5, 5.41) is 12.9. The Morgan fingerprint density at radius 1 is 1.00 bits per heavy atom. The molecule has 3 rings (SSSR count). The lowest BCUT2D eigenvalue weighted by Gasteiger charge is -2.21. The van der Waals surface area contributed by atoms with Crippen molar-refractivity contribution >= 4 is 28.9 Å². The van der Waals surface area contributed by atoms with Crippen molar-refractivity contribution < 1.29 is 38.4 Å². The van der Waals surface area contributed by atoms with E-state index in [1.807, 2.05) is 18.2 Å². The SMILES string of the molecule is Cn1c(=O)n(C2CCC(=O)NC2=O)c2cccc(CCOCCOCCOCCOCCNC(=O)O)c21. The molecule has 1 fully saturated rings. The highest BCUT2D eigenvalue weighted by Crippen LogP contribution is 2.25. The van der Waals surface area contributed by atoms with Crippen LogP contribution in [-0.2, 0) is 42.0 Å². The first-order valence-electron chi connectivity index (χ1n) is 12.2. The van der Waals surface area contributed by atoms with E-state index in [4.69, 9.17) is 24.1 Å². The van der Waals surface area contributed by atoms with Crippen molar-refractivity contribution in [2.24, 2.45) is 7.05 Å². The van der Waals surface area contributed by atoms with Gasteiger partial charge in [-0.25, -0.2) is 9.59 Å². The average Bonchev–Trinajstić information content (AvgIpc) is 3.12. The minimum Gasteiger partial charge on any atom is -0.465 e. The van der Waals surface area contributed by atoms with Gasteiger partial charge in [0.25, 0.3) is 0 Å². The summed E-state index contributed by atoms with van der Waals surface area (Å²) in [6.07, 6.45) is -0.00669. The third kappa shape index (κ3) is 8.12. The standard InChI is InChI=1S/C24H34N4O9/c1-27-21-17(3-2-4-18(21)28(24(27)33)19-5-6-20(29)26-22(19)30)7-9-34-11-13-36-15-16-37-14-12-35-10-8-25-23(31)32/h2-4,19,25H,5-16H2,1H3,(H,31,32)(H,26,29,30). The molecule has 3 amide bonds. The maximum absolute atomic E-state index is 13.0. The Balaban J connectivity index is 1.35. The van der Waals surface area contributed by atoms with Gasteiger partial charge < -0.3 is 29.4 Å². The van der Waals surface area contributed by atoms with Crippen LogP contribution < -0.4 is 16.3 Å². The number of piperidine rings is 1. The molecule has 1 atom stereocenters. The summed E-state index contributed by atoms with van der Waals surface area (Å²) in [7, 11) is 1.68. The number of imide groups is 1. The van der Waals surface area contributed by atoms with Gasteiger partial charge in [-0.2, -0.15) is 0 Å². The highest BCUT2D eigenvalue weighted by molar-refractivity contribution is 6.00. The summed E-state index contributed by atoms with van der Waals surface area (Å²) in [6.45, 7) is 3.38. The van der Waals surface area contributed by atoms with Crippen LogP contribution in [0.25, 0.3) is 11.0 Å². The van der Waals surface area contributed by atoms with Gasteiger partial charge in [-0.15, -0.1) is 0 Å². The molecule has 1 aliphatic heterocycles. The summed E-state index contributed by atoms with van der Waals surface area (Å²) in [6, 6.07) is 4.87. The van der Waals surface area contributed by atoms with E-state index in [1.165, 1.54) is 9.13 Å². The van der Waals surface area contributed by atoms with E-state index in [0.717, 1.165) is 11.1 Å². The minimum atomic E-state index is -1.08. The fourth-order valence-corrected chi connectivity index (χ4v) is 4.13. The van der Waals surface area contributed by atoms with Gasteiger partial charge in [0, 0.05) is 20.0 Å². The number of rotatable bonds is 16. The molecule has 1 aromatic carbocycles. The lowest BCUT2D eigenvalue weighted by Crippen LogP contribution is -2.44. The molecule has 2 aromatic rings. The molecule has 0 aliphatic carbocycles. The van der Waals surface area contributed by atoms with Crippen molar-refractivity contribution in [1.82, 2.24) is 19.8 Å². The number of para-hydroxylation sites is 1. The number of nitrogens with zero attached hydrogens (tertiary/aromatic N) is 2. The lowest BCUT2D eigenvalue weighted by molar-refractivity contribution is -0.135. The third-order valence-corrected chi connectivity index (χ3v) is 5.86. The van der Waals surface area contributed by atoms with Gasteiger partial charge in [0.2, 0.25) is 11.8 Å². The second-order valence-electron chi connectivity index (χ2n) is 8.39. The van der Waals surface area contributed by atoms with Crippen molar-refractivity contribution in [2.75, 3.05) is 59.4 Å². The van der Waals surface area contributed by atoms with Crippen LogP contribution in [-0.4, -0.2) is 91.5 Å². The number of benzene rings is 1. The molecule has 2 heterocycles. The van der Waals surface area contributed by atoms with Crippen molar-refractivity contribution in [1.29, 1.82) is 0 Å². The number of amides is 3. The third-order valence-electron chi connectivity index (χ3n) is 5.86. The molecule has 1 unspecified atom stereocenters. The predicted octanol–water partition coefficient (Wildman–Crippen LogP) is 0.194. The zero-order valence-corrected chi connectivity index (χ0v) is 20.9. The minimum absolute atomic E-state index is 0.198. The maximum atomic E-state index is 13.0. The zero-order chi connectivity index (χ0) is 26.6. The monoisotopic (exact) mass is 522 g/mol. The van der Waals surface area contributed by atoms with Crippen LogP contribution in [0, 0.1) is 0 Å². The number of carboxylic acid groups (broad SMARTS) is 1. The van der Waals surface area contributed by atoms with E-state index >= 15 is 0 Å². The van der Waals surface area contributed by atoms with E-state index in [2.05, 4.69) is 10.6 Å². The second kappa shape index (κ2) is 14.5. The number of imidazole rings is 1. The topological polar surface area (TPSA) is 159 Å². The van der Waals surface area contributed by atoms with E-state index in [9.17, 15) is 19.2 Å². The van der Waals surface area contributed by atoms with Gasteiger partial charge in [0.1, 0.15) is 6.04 Å². The van der Waals surface area contributed by atoms with Crippen LogP contribution in [0.15, 0.2) is 23.0 Å². The highest BCUT2D eigenvalue weighted by atomic mass is 16.6. The molecule has 13 heteroatoms. The molecule has 0 saturated carbocycles. The normalized spacial score (nSPS) is 15.8. The van der Waals surface area contributed by atoms with Crippen molar-refractivity contribution in [3.05, 3.63) is 34.2 Å². The van der Waals surface area contributed by atoms with E-state index in [0.29, 0.717) is 71.2 Å². The molecule has 1 saturated heterocycles. The molecule has 0 spiro atoms. The second-order valence-corrected chi connectivity index (χ2v) is 8.39. The Bertz CT molecular complexity index is 1130. The number of nitrogens with one attached hydrogen (secondary N) is 2. The maximum Gasteiger partial charge on any atom is 0.404 e. The number of hydrogen-bond donors (Lipinski definition) is 3. The first kappa shape index (κ1) is 28.3. The number of fused-ring (bicyclic) bond motifs is 1. The fraction of sp³-hybridized carbons (Fsp3) is 0.583. The van der Waals surface area contributed by atoms with Crippen LogP contribution in [0.2, 0.25) is 0 Å². The van der Waals surface area contributed by atoms with Gasteiger partial charge in [-0.1, -0.05) is 12.1 Å². The molecule has 204 valence electrons. The Kier molecular flexibility index (Phi) is 11.1. The predicted molar refractivity (Wildman–Crippen MR) is 132 cm³/mol. The Morgan fingerprint density at radius 3 is 2.24 bits per heavy atom. The molecular formula is C24H34N4O9. The van der Waals surface area contributed by atoms with Crippen LogP contribution in [0.4, 0.5) is 4.79 Å². The number of hydrogen-bond acceptors (Lipinski definition) is 8. The van der Waals surface area contributed by atoms with Gasteiger partial charge >= 0.3 is 11.8 Å². The van der Waals surface area contributed by atoms with Crippen LogP contribution >= 0.6 is 0 Å². The lowest BCUT2D eigenvalue weighted by atomic mass is 10.1. The largest absolute Gasteiger partial charge is 0.465 e. The smallest absolute Gasteiger partial charge is 0.404 e. The van der Waals surface area contributed by atoms with Crippen molar-refractivity contribution in [2.45, 2.75) is 25.3 Å². The number of carbonyl (C=O) groups is 3. The molecular weight excluding hydrogens is 488 g/mol. The summed E-state index contributed by atoms with van der Waals surface area (Å²) in [4.78, 5) is 47.1. The molecule has 0 bridgehead atoms. The number of aromatic nitrogens is 2. The molecule has 13 nitrogen and oxygen atoms in total. The van der Waals surface area contributed by atoms with Gasteiger partial charge in [-0.05, 0) is 24.5 Å². The molecule has 0 radical (unpaired) electrons. The van der Waals surface area contributed by atoms with Crippen LogP contribution in [0.3, 0.4) is 0 Å². The zero-order valence-electron chi connectivity index (χ0n) is 20.9.